The van der Waals surface area contributed by atoms with Crippen molar-refractivity contribution in [3.05, 3.63) is 0 Å². The highest BCUT2D eigenvalue weighted by atomic mass is 19.1. The number of carbonyl (C=O) groups is 1. The smallest absolute Gasteiger partial charge is 0.269 e. The highest BCUT2D eigenvalue weighted by Crippen LogP contribution is 1.75. The van der Waals surface area contributed by atoms with Crippen LogP contribution in [0.3, 0.4) is 0 Å². The van der Waals surface area contributed by atoms with Gasteiger partial charge in [0.1, 0.15) is 0 Å². The first-order valence-corrected chi connectivity index (χ1v) is 1.45. The average molecular weight is 156 g/mol. The lowest BCUT2D eigenvalue weighted by Gasteiger charge is -1.66. The van der Waals surface area contributed by atoms with Crippen molar-refractivity contribution < 1.29 is 28.0 Å². The lowest BCUT2D eigenvalue weighted by molar-refractivity contribution is -0.128. The predicted molar refractivity (Wildman–Crippen MR) is 26.4 cm³/mol. The summed E-state index contributed by atoms with van der Waals surface area (Å²) in [6, 6.07) is -1.25. The summed E-state index contributed by atoms with van der Waals surface area (Å²) in [4.78, 5) is 9.15. The lowest BCUT2D eigenvalue weighted by atomic mass is 10.5. The molecule has 0 aliphatic carbocycles. The van der Waals surface area contributed by atoms with Crippen LogP contribution in [0, 0.1) is 0 Å². The molecule has 9 heavy (non-hydrogen) atoms. The van der Waals surface area contributed by atoms with E-state index in [-0.39, 0.29) is 25.2 Å². The summed E-state index contributed by atoms with van der Waals surface area (Å²) < 4.78 is 10.8. The van der Waals surface area contributed by atoms with Gasteiger partial charge in [0.25, 0.3) is 0 Å². The first-order valence-electron chi connectivity index (χ1n) is 1.45. The van der Waals surface area contributed by atoms with Crippen LogP contribution in [0.1, 0.15) is 13.3 Å². The second-order valence-corrected chi connectivity index (χ2v) is 0.709. The Labute approximate surface area is 48.7 Å². The monoisotopic (exact) mass is 156 g/mol. The van der Waals surface area contributed by atoms with Crippen molar-refractivity contribution in [2.45, 2.75) is 13.3 Å². The second kappa shape index (κ2) is 26.5. The summed E-state index contributed by atoms with van der Waals surface area (Å²) in [6.45, 7) is 1.47. The van der Waals surface area contributed by atoms with Crippen LogP contribution in [-0.4, -0.2) is 6.04 Å². The van der Waals surface area contributed by atoms with Gasteiger partial charge in [-0.15, -0.1) is 0 Å². The van der Waals surface area contributed by atoms with Gasteiger partial charge >= 0.3 is 6.04 Å². The second-order valence-electron chi connectivity index (χ2n) is 0.709. The Bertz CT molecular complexity index is 47.5. The summed E-state index contributed by atoms with van der Waals surface area (Å²) in [5, 5.41) is 0. The molecule has 0 bridgehead atoms. The van der Waals surface area contributed by atoms with Gasteiger partial charge in [-0.3, -0.25) is 23.6 Å². The minimum Gasteiger partial charge on any atom is -0.269 e. The van der Waals surface area contributed by atoms with Gasteiger partial charge in [0.2, 0.25) is 0 Å². The molecule has 0 N–H and O–H groups in total. The quantitative estimate of drug-likeness (QED) is 0.415. The Morgan fingerprint density at radius 1 is 1.22 bits per heavy atom. The Morgan fingerprint density at radius 2 is 1.33 bits per heavy atom. The molecule has 0 fully saturated rings. The molecular weight excluding hydrogens is 147 g/mol. The molecule has 0 unspecified atom stereocenters. The topological polar surface area (TPSA) is 17.1 Å². The highest BCUT2D eigenvalue weighted by Gasteiger charge is 1.83. The van der Waals surface area contributed by atoms with Crippen LogP contribution >= 0.6 is 0 Å². The van der Waals surface area contributed by atoms with E-state index < -0.39 is 6.04 Å². The van der Waals surface area contributed by atoms with Crippen molar-refractivity contribution in [1.29, 1.82) is 0 Å². The predicted octanol–water partition coefficient (Wildman–Crippen LogP) is 1.50. The highest BCUT2D eigenvalue weighted by molar-refractivity contribution is 5.67. The molecule has 0 atom stereocenters. The van der Waals surface area contributed by atoms with Crippen LogP contribution in [0.25, 0.3) is 0 Å². The number of carbonyl (C=O) groups excluding carboxylic acids is 1. The first-order chi connectivity index (χ1) is 2.27. The third-order valence-electron chi connectivity index (χ3n) is 0.278. The maximum absolute atomic E-state index is 10.8. The molecule has 0 rings (SSSR count). The molecule has 0 amide bonds. The van der Waals surface area contributed by atoms with E-state index in [2.05, 4.69) is 0 Å². The molecule has 62 valence electrons. The van der Waals surface area contributed by atoms with Crippen LogP contribution in [0.5, 0.6) is 0 Å². The van der Waals surface area contributed by atoms with Crippen molar-refractivity contribution in [3.8, 4) is 0 Å². The van der Waals surface area contributed by atoms with Gasteiger partial charge in [0, 0.05) is 6.42 Å². The molecule has 0 aromatic heterocycles. The Kier molecular flexibility index (Phi) is 119. The van der Waals surface area contributed by atoms with Gasteiger partial charge in [-0.05, 0) is 0 Å². The van der Waals surface area contributed by atoms with Crippen LogP contribution in [0.2, 0.25) is 0 Å². The zero-order chi connectivity index (χ0) is 4.28. The van der Waals surface area contributed by atoms with Crippen molar-refractivity contribution in [3.63, 3.8) is 0 Å². The van der Waals surface area contributed by atoms with Crippen LogP contribution in [0.4, 0.5) is 23.2 Å². The van der Waals surface area contributed by atoms with E-state index in [1.165, 1.54) is 6.92 Å². The molecule has 0 spiro atoms. The van der Waals surface area contributed by atoms with E-state index in [1.807, 2.05) is 0 Å². The molecular formula is C3H9F5O. The van der Waals surface area contributed by atoms with Gasteiger partial charge in [0.15, 0.2) is 0 Å². The maximum Gasteiger partial charge on any atom is 0.301 e. The van der Waals surface area contributed by atoms with Gasteiger partial charge in [-0.1, -0.05) is 6.92 Å². The summed E-state index contributed by atoms with van der Waals surface area (Å²) in [5.41, 5.74) is 0. The fourth-order valence-corrected chi connectivity index (χ4v) is 0. The molecule has 0 saturated heterocycles. The summed E-state index contributed by atoms with van der Waals surface area (Å²) in [7, 11) is 0. The van der Waals surface area contributed by atoms with Crippen LogP contribution in [-0.2, 0) is 4.79 Å². The summed E-state index contributed by atoms with van der Waals surface area (Å²) in [6.07, 6.45) is 0. The molecule has 6 heteroatoms. The van der Waals surface area contributed by atoms with E-state index in [0.29, 0.717) is 0 Å². The SMILES string of the molecule is CCC(=O)F.F.F.F.F. The number of rotatable bonds is 1. The molecule has 0 aliphatic heterocycles. The van der Waals surface area contributed by atoms with E-state index in [9.17, 15) is 4.39 Å². The van der Waals surface area contributed by atoms with Crippen molar-refractivity contribution in [2.24, 2.45) is 0 Å². The zero-order valence-corrected chi connectivity index (χ0v) is 4.63. The normalized spacial score (nSPS) is 4.22. The Balaban J connectivity index is -0.0000000133. The van der Waals surface area contributed by atoms with Crippen LogP contribution < -0.4 is 0 Å². The molecule has 0 aromatic rings. The molecule has 0 radical (unpaired) electrons. The zero-order valence-electron chi connectivity index (χ0n) is 4.63. The number of hydrogen-bond donors (Lipinski definition) is 0. The number of hydrogen-bond acceptors (Lipinski definition) is 1. The third kappa shape index (κ3) is 119. The fraction of sp³-hybridized carbons (Fsp3) is 0.667. The Morgan fingerprint density at radius 3 is 1.33 bits per heavy atom. The summed E-state index contributed by atoms with van der Waals surface area (Å²) in [5.74, 6) is 0. The van der Waals surface area contributed by atoms with Crippen LogP contribution in [0.15, 0.2) is 0 Å². The van der Waals surface area contributed by atoms with Gasteiger partial charge < -0.3 is 0 Å². The van der Waals surface area contributed by atoms with E-state index in [0.717, 1.165) is 0 Å². The van der Waals surface area contributed by atoms with Gasteiger partial charge in [0.05, 0.1) is 0 Å². The standard InChI is InChI=1S/C3H5FO.4FH/c1-2-3(4)5;;;;/h2H2,1H3;4*1H. The average Bonchev–Trinajstić information content (AvgIpc) is 1.38. The van der Waals surface area contributed by atoms with Crippen molar-refractivity contribution >= 4 is 6.04 Å². The Hall–Kier alpha value is -0.680. The molecule has 0 aromatic carbocycles. The minimum atomic E-state index is -1.25. The third-order valence-corrected chi connectivity index (χ3v) is 0.278. The lowest BCUT2D eigenvalue weighted by Crippen LogP contribution is -1.77. The van der Waals surface area contributed by atoms with E-state index >= 15 is 0 Å². The summed E-state index contributed by atoms with van der Waals surface area (Å²) >= 11 is 0. The molecule has 0 aliphatic rings. The van der Waals surface area contributed by atoms with Gasteiger partial charge in [-0.25, -0.2) is 0 Å². The van der Waals surface area contributed by atoms with E-state index in [1.54, 1.807) is 0 Å². The van der Waals surface area contributed by atoms with Crippen molar-refractivity contribution in [2.75, 3.05) is 0 Å². The fourth-order valence-electron chi connectivity index (χ4n) is 0. The first kappa shape index (κ1) is 40.4. The number of halogens is 5. The minimum absolute atomic E-state index is 0. The molecule has 1 nitrogen and oxygen atoms in total. The largest absolute Gasteiger partial charge is 0.301 e. The van der Waals surface area contributed by atoms with Crippen molar-refractivity contribution in [1.82, 2.24) is 0 Å². The molecule has 0 heterocycles. The van der Waals surface area contributed by atoms with E-state index in [4.69, 9.17) is 4.79 Å². The maximum atomic E-state index is 10.8. The molecule has 0 saturated carbocycles. The van der Waals surface area contributed by atoms with Gasteiger partial charge in [-0.2, -0.15) is 4.39 Å².